The lowest BCUT2D eigenvalue weighted by Gasteiger charge is -2.11. The number of aromatic nitrogens is 3. The Morgan fingerprint density at radius 2 is 1.95 bits per heavy atom. The van der Waals surface area contributed by atoms with Gasteiger partial charge in [0.2, 0.25) is 0 Å². The summed E-state index contributed by atoms with van der Waals surface area (Å²) in [6.07, 6.45) is 5.02. The Balaban J connectivity index is 2.08. The van der Waals surface area contributed by atoms with Crippen LogP contribution in [-0.4, -0.2) is 28.5 Å². The summed E-state index contributed by atoms with van der Waals surface area (Å²) in [5, 5.41) is 0. The highest BCUT2D eigenvalue weighted by molar-refractivity contribution is 5.62. The van der Waals surface area contributed by atoms with Gasteiger partial charge in [-0.05, 0) is 30.7 Å². The standard InChI is InChI=1S/C15H15FN4/c1-10-6-11(16)8-20-9-14(18-15(10)20)13-5-4-12(7-17-13)19(2)3/h4-9H,1-3H3. The number of halogens is 1. The van der Waals surface area contributed by atoms with Gasteiger partial charge in [-0.15, -0.1) is 0 Å². The summed E-state index contributed by atoms with van der Waals surface area (Å²) in [5.41, 5.74) is 4.10. The van der Waals surface area contributed by atoms with Crippen molar-refractivity contribution >= 4 is 11.3 Å². The summed E-state index contributed by atoms with van der Waals surface area (Å²) in [6, 6.07) is 5.39. The molecule has 0 saturated heterocycles. The number of pyridine rings is 2. The predicted octanol–water partition coefficient (Wildman–Crippen LogP) is 2.91. The minimum Gasteiger partial charge on any atom is -0.376 e. The van der Waals surface area contributed by atoms with E-state index >= 15 is 0 Å². The van der Waals surface area contributed by atoms with Crippen LogP contribution in [0.15, 0.2) is 36.8 Å². The second-order valence-corrected chi connectivity index (χ2v) is 4.99. The fourth-order valence-corrected chi connectivity index (χ4v) is 2.15. The first-order valence-electron chi connectivity index (χ1n) is 6.33. The molecular formula is C15H15FN4. The summed E-state index contributed by atoms with van der Waals surface area (Å²) in [5.74, 6) is -0.269. The third-order valence-corrected chi connectivity index (χ3v) is 3.23. The summed E-state index contributed by atoms with van der Waals surface area (Å²) >= 11 is 0. The van der Waals surface area contributed by atoms with Crippen LogP contribution in [0.2, 0.25) is 0 Å². The van der Waals surface area contributed by atoms with Crippen LogP contribution in [0, 0.1) is 12.7 Å². The highest BCUT2D eigenvalue weighted by Gasteiger charge is 2.09. The van der Waals surface area contributed by atoms with Gasteiger partial charge in [-0.1, -0.05) is 0 Å². The Hall–Kier alpha value is -2.43. The largest absolute Gasteiger partial charge is 0.376 e. The van der Waals surface area contributed by atoms with E-state index in [0.29, 0.717) is 0 Å². The van der Waals surface area contributed by atoms with Crippen LogP contribution in [0.3, 0.4) is 0 Å². The molecule has 3 heterocycles. The summed E-state index contributed by atoms with van der Waals surface area (Å²) in [4.78, 5) is 10.9. The van der Waals surface area contributed by atoms with Crippen molar-refractivity contribution in [2.75, 3.05) is 19.0 Å². The molecule has 3 aromatic heterocycles. The monoisotopic (exact) mass is 270 g/mol. The minimum absolute atomic E-state index is 0.269. The predicted molar refractivity (Wildman–Crippen MR) is 77.4 cm³/mol. The summed E-state index contributed by atoms with van der Waals surface area (Å²) < 4.78 is 15.1. The molecule has 20 heavy (non-hydrogen) atoms. The van der Waals surface area contributed by atoms with Crippen molar-refractivity contribution in [1.29, 1.82) is 0 Å². The molecule has 0 N–H and O–H groups in total. The van der Waals surface area contributed by atoms with Crippen molar-refractivity contribution in [3.8, 4) is 11.4 Å². The maximum Gasteiger partial charge on any atom is 0.140 e. The lowest BCUT2D eigenvalue weighted by Crippen LogP contribution is -2.08. The lowest BCUT2D eigenvalue weighted by atomic mass is 10.3. The summed E-state index contributed by atoms with van der Waals surface area (Å²) in [7, 11) is 3.93. The van der Waals surface area contributed by atoms with Crippen LogP contribution in [0.25, 0.3) is 17.0 Å². The molecule has 0 bridgehead atoms. The highest BCUT2D eigenvalue weighted by Crippen LogP contribution is 2.21. The molecule has 102 valence electrons. The van der Waals surface area contributed by atoms with E-state index in [9.17, 15) is 4.39 Å². The van der Waals surface area contributed by atoms with E-state index in [2.05, 4.69) is 9.97 Å². The van der Waals surface area contributed by atoms with Gasteiger partial charge in [-0.2, -0.15) is 0 Å². The van der Waals surface area contributed by atoms with Gasteiger partial charge in [0, 0.05) is 26.5 Å². The van der Waals surface area contributed by atoms with Gasteiger partial charge in [0.05, 0.1) is 17.6 Å². The number of nitrogens with zero attached hydrogens (tertiary/aromatic N) is 4. The first-order valence-corrected chi connectivity index (χ1v) is 6.33. The zero-order chi connectivity index (χ0) is 14.3. The molecule has 0 aliphatic heterocycles. The molecule has 0 saturated carbocycles. The Morgan fingerprint density at radius 3 is 2.60 bits per heavy atom. The molecular weight excluding hydrogens is 255 g/mol. The number of imidazole rings is 1. The van der Waals surface area contributed by atoms with Crippen molar-refractivity contribution in [3.63, 3.8) is 0 Å². The fraction of sp³-hybridized carbons (Fsp3) is 0.200. The van der Waals surface area contributed by atoms with E-state index in [1.807, 2.05) is 38.1 Å². The number of fused-ring (bicyclic) bond motifs is 1. The van der Waals surface area contributed by atoms with Crippen molar-refractivity contribution < 1.29 is 4.39 Å². The molecule has 0 radical (unpaired) electrons. The smallest absolute Gasteiger partial charge is 0.140 e. The molecule has 0 aliphatic carbocycles. The molecule has 0 fully saturated rings. The average molecular weight is 270 g/mol. The Morgan fingerprint density at radius 1 is 1.15 bits per heavy atom. The first kappa shape index (κ1) is 12.6. The normalized spacial score (nSPS) is 11.0. The van der Waals surface area contributed by atoms with Gasteiger partial charge in [0.1, 0.15) is 17.2 Å². The SMILES string of the molecule is Cc1cc(F)cn2cc(-c3ccc(N(C)C)cn3)nc12. The molecule has 0 aromatic carbocycles. The average Bonchev–Trinajstić information content (AvgIpc) is 2.83. The molecule has 0 aliphatic rings. The van der Waals surface area contributed by atoms with Crippen LogP contribution in [0.1, 0.15) is 5.56 Å². The topological polar surface area (TPSA) is 33.4 Å². The van der Waals surface area contributed by atoms with Gasteiger partial charge < -0.3 is 9.30 Å². The maximum atomic E-state index is 13.4. The molecule has 0 atom stereocenters. The highest BCUT2D eigenvalue weighted by atomic mass is 19.1. The van der Waals surface area contributed by atoms with Crippen LogP contribution < -0.4 is 4.90 Å². The third kappa shape index (κ3) is 2.11. The van der Waals surface area contributed by atoms with E-state index in [0.717, 1.165) is 28.3 Å². The minimum atomic E-state index is -0.269. The Labute approximate surface area is 116 Å². The molecule has 0 amide bonds. The van der Waals surface area contributed by atoms with Crippen molar-refractivity contribution in [3.05, 3.63) is 48.2 Å². The third-order valence-electron chi connectivity index (χ3n) is 3.23. The molecule has 3 aromatic rings. The second kappa shape index (κ2) is 4.59. The van der Waals surface area contributed by atoms with E-state index in [-0.39, 0.29) is 5.82 Å². The summed E-state index contributed by atoms with van der Waals surface area (Å²) in [6.45, 7) is 1.85. The van der Waals surface area contributed by atoms with Gasteiger partial charge >= 0.3 is 0 Å². The lowest BCUT2D eigenvalue weighted by molar-refractivity contribution is 0.618. The van der Waals surface area contributed by atoms with Crippen molar-refractivity contribution in [2.45, 2.75) is 6.92 Å². The molecule has 5 heteroatoms. The molecule has 0 spiro atoms. The molecule has 3 rings (SSSR count). The number of aryl methyl sites for hydroxylation is 1. The van der Waals surface area contributed by atoms with E-state index < -0.39 is 0 Å². The van der Waals surface area contributed by atoms with E-state index in [4.69, 9.17) is 0 Å². The Kier molecular flexibility index (Phi) is 2.89. The van der Waals surface area contributed by atoms with Crippen LogP contribution >= 0.6 is 0 Å². The zero-order valence-corrected chi connectivity index (χ0v) is 11.6. The van der Waals surface area contributed by atoms with Gasteiger partial charge in [-0.3, -0.25) is 4.98 Å². The van der Waals surface area contributed by atoms with Gasteiger partial charge in [0.15, 0.2) is 0 Å². The second-order valence-electron chi connectivity index (χ2n) is 4.99. The first-order chi connectivity index (χ1) is 9.54. The van der Waals surface area contributed by atoms with E-state index in [1.165, 1.54) is 12.3 Å². The Bertz CT molecular complexity index is 759. The zero-order valence-electron chi connectivity index (χ0n) is 11.6. The number of anilines is 1. The molecule has 4 nitrogen and oxygen atoms in total. The van der Waals surface area contributed by atoms with E-state index in [1.54, 1.807) is 16.8 Å². The quantitative estimate of drug-likeness (QED) is 0.718. The van der Waals surface area contributed by atoms with Crippen molar-refractivity contribution in [1.82, 2.24) is 14.4 Å². The number of rotatable bonds is 2. The van der Waals surface area contributed by atoms with Gasteiger partial charge in [0.25, 0.3) is 0 Å². The number of hydrogen-bond donors (Lipinski definition) is 0. The van der Waals surface area contributed by atoms with Gasteiger partial charge in [-0.25, -0.2) is 9.37 Å². The van der Waals surface area contributed by atoms with Crippen LogP contribution in [-0.2, 0) is 0 Å². The fourth-order valence-electron chi connectivity index (χ4n) is 2.15. The molecule has 0 unspecified atom stereocenters. The van der Waals surface area contributed by atoms with Crippen LogP contribution in [0.4, 0.5) is 10.1 Å². The maximum absolute atomic E-state index is 13.4. The number of hydrogen-bond acceptors (Lipinski definition) is 3. The van der Waals surface area contributed by atoms with Crippen molar-refractivity contribution in [2.24, 2.45) is 0 Å². The van der Waals surface area contributed by atoms with Crippen LogP contribution in [0.5, 0.6) is 0 Å².